The average molecular weight is 536 g/mol. The van der Waals surface area contributed by atoms with Crippen molar-refractivity contribution in [2.24, 2.45) is 0 Å². The van der Waals surface area contributed by atoms with Gasteiger partial charge in [0.1, 0.15) is 30.5 Å². The standard InChI is InChI=1S/C25H26F6O6/c26-24(27,28)17-10-3-1-6-14(17)8-5-9-16(12-15-7-2-4-11-18(15)25(29,30)31)20(34)22(36)23(37)21(35)19(33)13-32/h1-7,10-11,19-23,32-37H,8,12-13H2/t9?,19-,20?,21+,22+,23-/m0/s1. The maximum Gasteiger partial charge on any atom is 0.416 e. The summed E-state index contributed by atoms with van der Waals surface area (Å²) in [6.45, 7) is -1.01. The Labute approximate surface area is 208 Å². The first-order valence-corrected chi connectivity index (χ1v) is 10.9. The quantitative estimate of drug-likeness (QED) is 0.205. The van der Waals surface area contributed by atoms with Crippen LogP contribution in [-0.2, 0) is 25.2 Å². The van der Waals surface area contributed by atoms with Crippen LogP contribution in [0.1, 0.15) is 22.3 Å². The van der Waals surface area contributed by atoms with E-state index in [1.807, 2.05) is 0 Å². The number of rotatable bonds is 10. The molecule has 6 N–H and O–H groups in total. The van der Waals surface area contributed by atoms with Crippen molar-refractivity contribution in [2.45, 2.75) is 55.7 Å². The van der Waals surface area contributed by atoms with Gasteiger partial charge in [-0.25, -0.2) is 0 Å². The van der Waals surface area contributed by atoms with Crippen molar-refractivity contribution in [2.75, 3.05) is 6.61 Å². The number of hydrogen-bond acceptors (Lipinski definition) is 6. The van der Waals surface area contributed by atoms with Crippen LogP contribution in [0.5, 0.6) is 0 Å². The molecule has 0 saturated carbocycles. The van der Waals surface area contributed by atoms with Crippen molar-refractivity contribution >= 4 is 0 Å². The zero-order valence-electron chi connectivity index (χ0n) is 19.2. The third-order valence-electron chi connectivity index (χ3n) is 5.60. The van der Waals surface area contributed by atoms with E-state index >= 15 is 0 Å². The van der Waals surface area contributed by atoms with Crippen LogP contribution in [0, 0.1) is 0 Å². The van der Waals surface area contributed by atoms with E-state index in [1.54, 1.807) is 0 Å². The van der Waals surface area contributed by atoms with Gasteiger partial charge in [-0.1, -0.05) is 36.4 Å². The second kappa shape index (κ2) is 12.7. The van der Waals surface area contributed by atoms with Crippen molar-refractivity contribution < 1.29 is 57.0 Å². The van der Waals surface area contributed by atoms with Crippen LogP contribution in [0.2, 0.25) is 0 Å². The third-order valence-corrected chi connectivity index (χ3v) is 5.60. The molecule has 0 aliphatic heterocycles. The number of benzene rings is 2. The lowest BCUT2D eigenvalue weighted by Gasteiger charge is -2.29. The lowest BCUT2D eigenvalue weighted by molar-refractivity contribution is -0.139. The predicted molar refractivity (Wildman–Crippen MR) is 119 cm³/mol. The highest BCUT2D eigenvalue weighted by Crippen LogP contribution is 2.34. The minimum Gasteiger partial charge on any atom is -0.394 e. The van der Waals surface area contributed by atoms with Gasteiger partial charge in [0.2, 0.25) is 0 Å². The normalized spacial score (nSPS) is 16.3. The van der Waals surface area contributed by atoms with E-state index in [0.29, 0.717) is 0 Å². The lowest BCUT2D eigenvalue weighted by atomic mass is 9.90. The van der Waals surface area contributed by atoms with Crippen LogP contribution in [-0.4, -0.2) is 67.8 Å². The molecule has 12 heteroatoms. The molecule has 1 unspecified atom stereocenters. The fraction of sp³-hybridized carbons (Fsp3) is 0.400. The smallest absolute Gasteiger partial charge is 0.394 e. The number of hydrogen-bond donors (Lipinski definition) is 6. The number of alkyl halides is 6. The summed E-state index contributed by atoms with van der Waals surface area (Å²) in [7, 11) is 0. The zero-order chi connectivity index (χ0) is 28.0. The molecule has 5 atom stereocenters. The fourth-order valence-corrected chi connectivity index (χ4v) is 3.59. The Kier molecular flexibility index (Phi) is 10.5. The summed E-state index contributed by atoms with van der Waals surface area (Å²) in [5.74, 6) is 0. The van der Waals surface area contributed by atoms with E-state index < -0.39 is 79.0 Å². The second-order valence-electron chi connectivity index (χ2n) is 8.23. The average Bonchev–Trinajstić information content (AvgIpc) is 2.85. The second-order valence-corrected chi connectivity index (χ2v) is 8.23. The first-order chi connectivity index (χ1) is 17.2. The Bertz CT molecular complexity index is 1090. The third kappa shape index (κ3) is 8.14. The zero-order valence-corrected chi connectivity index (χ0v) is 19.2. The van der Waals surface area contributed by atoms with E-state index in [-0.39, 0.29) is 11.1 Å². The molecule has 37 heavy (non-hydrogen) atoms. The maximum absolute atomic E-state index is 13.5. The van der Waals surface area contributed by atoms with Crippen molar-refractivity contribution in [1.82, 2.24) is 0 Å². The summed E-state index contributed by atoms with van der Waals surface area (Å²) >= 11 is 0. The summed E-state index contributed by atoms with van der Waals surface area (Å²) in [6.07, 6.45) is -20.2. The molecule has 0 heterocycles. The Morgan fingerprint density at radius 2 is 1.22 bits per heavy atom. The highest BCUT2D eigenvalue weighted by Gasteiger charge is 2.37. The van der Waals surface area contributed by atoms with Gasteiger partial charge in [-0.15, -0.1) is 5.73 Å². The molecule has 204 valence electrons. The van der Waals surface area contributed by atoms with E-state index in [4.69, 9.17) is 5.11 Å². The summed E-state index contributed by atoms with van der Waals surface area (Å²) in [6, 6.07) is 8.83. The van der Waals surface area contributed by atoms with Gasteiger partial charge in [-0.05, 0) is 35.8 Å². The van der Waals surface area contributed by atoms with Gasteiger partial charge in [0, 0.05) is 12.0 Å². The van der Waals surface area contributed by atoms with Gasteiger partial charge in [0.25, 0.3) is 0 Å². The molecule has 0 saturated heterocycles. The molecule has 0 aromatic heterocycles. The van der Waals surface area contributed by atoms with Crippen LogP contribution in [0.15, 0.2) is 65.9 Å². The van der Waals surface area contributed by atoms with Crippen LogP contribution >= 0.6 is 0 Å². The summed E-state index contributed by atoms with van der Waals surface area (Å²) in [4.78, 5) is 0. The molecule has 2 aromatic carbocycles. The molecule has 0 bridgehead atoms. The molecule has 0 amide bonds. The van der Waals surface area contributed by atoms with Gasteiger partial charge in [-0.2, -0.15) is 26.3 Å². The van der Waals surface area contributed by atoms with Gasteiger partial charge in [0.05, 0.1) is 17.7 Å². The van der Waals surface area contributed by atoms with E-state index in [2.05, 4.69) is 5.73 Å². The molecule has 0 aliphatic rings. The molecule has 6 nitrogen and oxygen atoms in total. The Balaban J connectivity index is 2.50. The SMILES string of the molecule is OC[C@H](O)[C@@H](O)[C@H](O)[C@H](O)C(O)C(=C=CCc1ccccc1C(F)(F)F)Cc1ccccc1C(F)(F)F. The number of halogens is 6. The molecule has 2 rings (SSSR count). The summed E-state index contributed by atoms with van der Waals surface area (Å²) in [5.41, 5.74) is -0.585. The topological polar surface area (TPSA) is 121 Å². The minimum absolute atomic E-state index is 0.186. The van der Waals surface area contributed by atoms with Gasteiger partial charge in [-0.3, -0.25) is 0 Å². The first kappa shape index (κ1) is 30.5. The van der Waals surface area contributed by atoms with E-state index in [1.165, 1.54) is 24.3 Å². The molecule has 0 spiro atoms. The summed E-state index contributed by atoms with van der Waals surface area (Å²) < 4.78 is 80.2. The van der Waals surface area contributed by atoms with Crippen molar-refractivity contribution in [1.29, 1.82) is 0 Å². The highest BCUT2D eigenvalue weighted by molar-refractivity contribution is 5.35. The molecule has 0 radical (unpaired) electrons. The Morgan fingerprint density at radius 1 is 0.730 bits per heavy atom. The fourth-order valence-electron chi connectivity index (χ4n) is 3.59. The number of aliphatic hydroxyl groups excluding tert-OH is 6. The van der Waals surface area contributed by atoms with Crippen LogP contribution in [0.3, 0.4) is 0 Å². The van der Waals surface area contributed by atoms with Crippen LogP contribution in [0.25, 0.3) is 0 Å². The van der Waals surface area contributed by atoms with Gasteiger partial charge < -0.3 is 30.6 Å². The number of aliphatic hydroxyl groups is 6. The lowest BCUT2D eigenvalue weighted by Crippen LogP contribution is -2.50. The highest BCUT2D eigenvalue weighted by atomic mass is 19.4. The van der Waals surface area contributed by atoms with Gasteiger partial charge in [0.15, 0.2) is 0 Å². The van der Waals surface area contributed by atoms with E-state index in [9.17, 15) is 51.9 Å². The maximum atomic E-state index is 13.5. The Hall–Kier alpha value is -2.70. The largest absolute Gasteiger partial charge is 0.416 e. The van der Waals surface area contributed by atoms with Gasteiger partial charge >= 0.3 is 12.4 Å². The van der Waals surface area contributed by atoms with Crippen molar-refractivity contribution in [3.05, 3.63) is 88.2 Å². The van der Waals surface area contributed by atoms with Crippen LogP contribution in [0.4, 0.5) is 26.3 Å². The molecule has 2 aromatic rings. The summed E-state index contributed by atoms with van der Waals surface area (Å²) in [5, 5.41) is 59.3. The molecular formula is C25H26F6O6. The molecular weight excluding hydrogens is 510 g/mol. The minimum atomic E-state index is -4.79. The monoisotopic (exact) mass is 536 g/mol. The van der Waals surface area contributed by atoms with Crippen molar-refractivity contribution in [3.8, 4) is 0 Å². The first-order valence-electron chi connectivity index (χ1n) is 10.9. The van der Waals surface area contributed by atoms with E-state index in [0.717, 1.165) is 30.3 Å². The predicted octanol–water partition coefficient (Wildman–Crippen LogP) is 2.39. The van der Waals surface area contributed by atoms with Crippen LogP contribution < -0.4 is 0 Å². The van der Waals surface area contributed by atoms with Crippen molar-refractivity contribution in [3.63, 3.8) is 0 Å². The Morgan fingerprint density at radius 3 is 1.73 bits per heavy atom. The molecule has 0 fully saturated rings. The molecule has 0 aliphatic carbocycles.